The van der Waals surface area contributed by atoms with Crippen molar-refractivity contribution in [1.29, 1.82) is 0 Å². The molecule has 0 bridgehead atoms. The zero-order chi connectivity index (χ0) is 14.0. The Balaban J connectivity index is 2.61. The summed E-state index contributed by atoms with van der Waals surface area (Å²) in [5, 5.41) is 0.626. The van der Waals surface area contributed by atoms with E-state index in [1.165, 1.54) is 13.0 Å². The highest BCUT2D eigenvalue weighted by Gasteiger charge is 2.15. The first-order valence-electron chi connectivity index (χ1n) is 5.59. The summed E-state index contributed by atoms with van der Waals surface area (Å²) in [6.07, 6.45) is 1.49. The number of aromatic nitrogens is 2. The minimum atomic E-state index is -0.185. The van der Waals surface area contributed by atoms with Crippen LogP contribution in [0.5, 0.6) is 0 Å². The van der Waals surface area contributed by atoms with Crippen LogP contribution in [0.4, 0.5) is 5.82 Å². The van der Waals surface area contributed by atoms with Gasteiger partial charge < -0.3 is 5.73 Å². The van der Waals surface area contributed by atoms with Crippen molar-refractivity contribution in [3.05, 3.63) is 47.1 Å². The van der Waals surface area contributed by atoms with Crippen molar-refractivity contribution in [3.8, 4) is 11.4 Å². The maximum absolute atomic E-state index is 11.5. The smallest absolute Gasteiger partial charge is 0.165 e. The number of nitrogen functional groups attached to an aromatic ring is 1. The summed E-state index contributed by atoms with van der Waals surface area (Å²) in [6, 6.07) is 7.06. The molecule has 4 nitrogen and oxygen atoms in total. The molecule has 0 unspecified atom stereocenters. The molecule has 0 spiro atoms. The highest BCUT2D eigenvalue weighted by Crippen LogP contribution is 2.23. The average molecular weight is 274 g/mol. The summed E-state index contributed by atoms with van der Waals surface area (Å²) in [4.78, 5) is 20.0. The van der Waals surface area contributed by atoms with Gasteiger partial charge in [0.1, 0.15) is 5.82 Å². The van der Waals surface area contributed by atoms with E-state index in [0.717, 1.165) is 5.56 Å². The molecule has 0 aliphatic carbocycles. The third-order valence-corrected chi connectivity index (χ3v) is 2.86. The molecule has 2 aromatic rings. The Hall–Kier alpha value is -2.20. The number of Topliss-reactive ketones (excluding diaryl/α,β-unsaturated/α-hetero) is 1. The van der Waals surface area contributed by atoms with Crippen molar-refractivity contribution in [3.63, 3.8) is 0 Å². The van der Waals surface area contributed by atoms with Gasteiger partial charge in [0, 0.05) is 10.6 Å². The number of benzene rings is 1. The Labute approximate surface area is 116 Å². The molecule has 5 heteroatoms. The number of hydrogen-bond donors (Lipinski definition) is 1. The van der Waals surface area contributed by atoms with E-state index in [2.05, 4.69) is 16.5 Å². The number of nitrogens with zero attached hydrogens (tertiary/aromatic N) is 2. The van der Waals surface area contributed by atoms with Crippen LogP contribution in [-0.2, 0) is 0 Å². The van der Waals surface area contributed by atoms with Crippen molar-refractivity contribution < 1.29 is 4.79 Å². The Morgan fingerprint density at radius 1 is 1.32 bits per heavy atom. The maximum Gasteiger partial charge on any atom is 0.165 e. The van der Waals surface area contributed by atoms with Crippen molar-refractivity contribution in [1.82, 2.24) is 9.97 Å². The van der Waals surface area contributed by atoms with Gasteiger partial charge in [-0.2, -0.15) is 0 Å². The minimum Gasteiger partial charge on any atom is -0.383 e. The van der Waals surface area contributed by atoms with Gasteiger partial charge in [-0.1, -0.05) is 18.2 Å². The second kappa shape index (κ2) is 5.20. The molecular formula is C14H12ClN3O. The summed E-state index contributed by atoms with van der Waals surface area (Å²) in [7, 11) is 0. The fourth-order valence-corrected chi connectivity index (χ4v) is 1.86. The Bertz CT molecular complexity index is 650. The molecule has 96 valence electrons. The lowest BCUT2D eigenvalue weighted by Crippen LogP contribution is -2.08. The summed E-state index contributed by atoms with van der Waals surface area (Å²) >= 11 is 5.83. The first-order valence-corrected chi connectivity index (χ1v) is 5.97. The molecule has 19 heavy (non-hydrogen) atoms. The number of hydrogen-bond acceptors (Lipinski definition) is 4. The lowest BCUT2D eigenvalue weighted by Gasteiger charge is -2.08. The topological polar surface area (TPSA) is 68.9 Å². The fourth-order valence-electron chi connectivity index (χ4n) is 1.73. The number of halogens is 1. The van der Waals surface area contributed by atoms with Crippen LogP contribution < -0.4 is 5.73 Å². The maximum atomic E-state index is 11.5. The molecule has 0 aliphatic rings. The molecule has 1 heterocycles. The quantitative estimate of drug-likeness (QED) is 0.872. The van der Waals surface area contributed by atoms with E-state index in [0.29, 0.717) is 22.1 Å². The van der Waals surface area contributed by atoms with E-state index in [1.807, 2.05) is 0 Å². The molecule has 2 N–H and O–H groups in total. The van der Waals surface area contributed by atoms with Gasteiger partial charge in [0.25, 0.3) is 0 Å². The molecule has 0 saturated heterocycles. The van der Waals surface area contributed by atoms with Gasteiger partial charge in [0.2, 0.25) is 0 Å². The number of anilines is 1. The number of ketones is 1. The summed E-state index contributed by atoms with van der Waals surface area (Å²) in [6.45, 7) is 5.07. The first kappa shape index (κ1) is 13.2. The second-order valence-corrected chi connectivity index (χ2v) is 4.40. The van der Waals surface area contributed by atoms with Gasteiger partial charge in [0.05, 0.1) is 11.3 Å². The number of carbonyl (C=O) groups excluding carboxylic acids is 1. The Morgan fingerprint density at radius 2 is 1.95 bits per heavy atom. The number of nitrogens with two attached hydrogens (primary N) is 1. The molecule has 0 fully saturated rings. The Morgan fingerprint density at radius 3 is 2.47 bits per heavy atom. The van der Waals surface area contributed by atoms with Crippen molar-refractivity contribution >= 4 is 29.3 Å². The third kappa shape index (κ3) is 2.63. The average Bonchev–Trinajstić information content (AvgIpc) is 2.38. The van der Waals surface area contributed by atoms with Gasteiger partial charge >= 0.3 is 0 Å². The van der Waals surface area contributed by atoms with Gasteiger partial charge in [-0.3, -0.25) is 4.79 Å². The zero-order valence-corrected chi connectivity index (χ0v) is 11.1. The summed E-state index contributed by atoms with van der Waals surface area (Å²) in [5.41, 5.74) is 7.33. The van der Waals surface area contributed by atoms with Gasteiger partial charge in [-0.25, -0.2) is 9.97 Å². The predicted molar refractivity (Wildman–Crippen MR) is 77.0 cm³/mol. The van der Waals surface area contributed by atoms with E-state index >= 15 is 0 Å². The van der Waals surface area contributed by atoms with Crippen LogP contribution in [-0.4, -0.2) is 15.8 Å². The van der Waals surface area contributed by atoms with Crippen LogP contribution in [0.1, 0.15) is 23.0 Å². The standard InChI is InChI=1S/C14H12ClN3O/c1-3-11-12(8(2)19)13(16)18-14(17-11)9-4-6-10(15)7-5-9/h3-7H,1H2,2H3,(H2,16,17,18). The lowest BCUT2D eigenvalue weighted by atomic mass is 10.1. The number of rotatable bonds is 3. The van der Waals surface area contributed by atoms with Gasteiger partial charge in [-0.05, 0) is 37.3 Å². The fraction of sp³-hybridized carbons (Fsp3) is 0.0714. The van der Waals surface area contributed by atoms with Gasteiger partial charge in [0.15, 0.2) is 11.6 Å². The Kier molecular flexibility index (Phi) is 3.62. The molecule has 1 aromatic carbocycles. The SMILES string of the molecule is C=Cc1nc(-c2ccc(Cl)cc2)nc(N)c1C(C)=O. The highest BCUT2D eigenvalue weighted by molar-refractivity contribution is 6.30. The van der Waals surface area contributed by atoms with Crippen molar-refractivity contribution in [2.45, 2.75) is 6.92 Å². The number of carbonyl (C=O) groups is 1. The first-order chi connectivity index (χ1) is 9.02. The highest BCUT2D eigenvalue weighted by atomic mass is 35.5. The van der Waals surface area contributed by atoms with Crippen molar-refractivity contribution in [2.24, 2.45) is 0 Å². The molecule has 0 amide bonds. The van der Waals surface area contributed by atoms with Crippen LogP contribution in [0.2, 0.25) is 5.02 Å². The van der Waals surface area contributed by atoms with E-state index in [1.54, 1.807) is 24.3 Å². The largest absolute Gasteiger partial charge is 0.383 e. The third-order valence-electron chi connectivity index (χ3n) is 2.61. The monoisotopic (exact) mass is 273 g/mol. The lowest BCUT2D eigenvalue weighted by molar-refractivity contribution is 0.101. The van der Waals surface area contributed by atoms with Crippen LogP contribution in [0.15, 0.2) is 30.8 Å². The van der Waals surface area contributed by atoms with Crippen LogP contribution in [0.3, 0.4) is 0 Å². The normalized spacial score (nSPS) is 10.2. The molecule has 0 radical (unpaired) electrons. The van der Waals surface area contributed by atoms with E-state index in [4.69, 9.17) is 17.3 Å². The molecule has 0 atom stereocenters. The molecular weight excluding hydrogens is 262 g/mol. The molecule has 0 saturated carbocycles. The van der Waals surface area contributed by atoms with Crippen LogP contribution in [0.25, 0.3) is 17.5 Å². The van der Waals surface area contributed by atoms with Crippen LogP contribution >= 0.6 is 11.6 Å². The van der Waals surface area contributed by atoms with Gasteiger partial charge in [-0.15, -0.1) is 0 Å². The molecule has 0 aliphatic heterocycles. The van der Waals surface area contributed by atoms with E-state index < -0.39 is 0 Å². The molecule has 2 rings (SSSR count). The second-order valence-electron chi connectivity index (χ2n) is 3.96. The summed E-state index contributed by atoms with van der Waals surface area (Å²) in [5.74, 6) is 0.409. The van der Waals surface area contributed by atoms with E-state index in [9.17, 15) is 4.79 Å². The minimum absolute atomic E-state index is 0.155. The van der Waals surface area contributed by atoms with E-state index in [-0.39, 0.29) is 11.6 Å². The summed E-state index contributed by atoms with van der Waals surface area (Å²) < 4.78 is 0. The predicted octanol–water partition coefficient (Wildman–Crippen LogP) is 3.22. The van der Waals surface area contributed by atoms with Crippen LogP contribution in [0, 0.1) is 0 Å². The zero-order valence-electron chi connectivity index (χ0n) is 10.4. The van der Waals surface area contributed by atoms with Crippen molar-refractivity contribution in [2.75, 3.05) is 5.73 Å². The molecule has 1 aromatic heterocycles.